The summed E-state index contributed by atoms with van der Waals surface area (Å²) in [5.41, 5.74) is 1.09. The molecule has 0 atom stereocenters. The van der Waals surface area contributed by atoms with Crippen molar-refractivity contribution >= 4 is 23.4 Å². The summed E-state index contributed by atoms with van der Waals surface area (Å²) >= 11 is 0. The molecule has 24 heavy (non-hydrogen) atoms. The molecule has 0 radical (unpaired) electrons. The van der Waals surface area contributed by atoms with Gasteiger partial charge in [0.05, 0.1) is 11.8 Å². The number of piperidine rings is 1. The van der Waals surface area contributed by atoms with Gasteiger partial charge in [-0.3, -0.25) is 9.78 Å². The Balaban J connectivity index is 1.83. The lowest BCUT2D eigenvalue weighted by Crippen LogP contribution is -2.31. The smallest absolute Gasteiger partial charge is 0.257 e. The maximum absolute atomic E-state index is 12.3. The first-order valence-electron chi connectivity index (χ1n) is 8.16. The van der Waals surface area contributed by atoms with Crippen molar-refractivity contribution in [3.05, 3.63) is 36.3 Å². The second kappa shape index (κ2) is 7.25. The fourth-order valence-electron chi connectivity index (χ4n) is 2.73. The molecule has 2 aromatic rings. The lowest BCUT2D eigenvalue weighted by atomic mass is 10.1. The summed E-state index contributed by atoms with van der Waals surface area (Å²) < 4.78 is 0. The van der Waals surface area contributed by atoms with Crippen LogP contribution in [0.5, 0.6) is 0 Å². The maximum atomic E-state index is 12.3. The van der Waals surface area contributed by atoms with E-state index in [2.05, 4.69) is 25.2 Å². The fraction of sp³-hybridized carbons (Fsp3) is 0.412. The fourth-order valence-corrected chi connectivity index (χ4v) is 2.73. The van der Waals surface area contributed by atoms with Crippen molar-refractivity contribution in [2.75, 3.05) is 42.3 Å². The zero-order chi connectivity index (χ0) is 16.9. The third-order valence-corrected chi connectivity index (χ3v) is 3.99. The van der Waals surface area contributed by atoms with Gasteiger partial charge in [0.25, 0.3) is 5.91 Å². The highest BCUT2D eigenvalue weighted by atomic mass is 16.1. The van der Waals surface area contributed by atoms with E-state index in [1.165, 1.54) is 25.5 Å². The highest BCUT2D eigenvalue weighted by Gasteiger charge is 2.18. The van der Waals surface area contributed by atoms with Crippen LogP contribution in [0, 0.1) is 0 Å². The molecule has 126 valence electrons. The van der Waals surface area contributed by atoms with Gasteiger partial charge in [-0.25, -0.2) is 4.98 Å². The predicted molar refractivity (Wildman–Crippen MR) is 94.6 cm³/mol. The van der Waals surface area contributed by atoms with E-state index >= 15 is 0 Å². The van der Waals surface area contributed by atoms with Gasteiger partial charge in [-0.2, -0.15) is 4.98 Å². The van der Waals surface area contributed by atoms with Crippen LogP contribution in [0.4, 0.5) is 17.5 Å². The molecule has 1 N–H and O–H groups in total. The summed E-state index contributed by atoms with van der Waals surface area (Å²) in [6, 6.07) is 3.46. The zero-order valence-corrected chi connectivity index (χ0v) is 14.1. The minimum atomic E-state index is -0.222. The van der Waals surface area contributed by atoms with Crippen molar-refractivity contribution in [2.45, 2.75) is 19.3 Å². The number of carbonyl (C=O) groups excluding carboxylic acids is 1. The molecule has 7 nitrogen and oxygen atoms in total. The molecular weight excluding hydrogens is 304 g/mol. The number of carbonyl (C=O) groups is 1. The first-order valence-corrected chi connectivity index (χ1v) is 8.16. The Kier molecular flexibility index (Phi) is 4.88. The van der Waals surface area contributed by atoms with Crippen LogP contribution < -0.4 is 15.1 Å². The van der Waals surface area contributed by atoms with E-state index in [1.54, 1.807) is 24.5 Å². The Hall–Kier alpha value is -2.70. The molecule has 1 saturated heterocycles. The molecular formula is C17H22N6O. The average Bonchev–Trinajstić information content (AvgIpc) is 2.63. The van der Waals surface area contributed by atoms with Crippen molar-refractivity contribution in [3.63, 3.8) is 0 Å². The Morgan fingerprint density at radius 2 is 2.00 bits per heavy atom. The van der Waals surface area contributed by atoms with Gasteiger partial charge in [0.2, 0.25) is 5.95 Å². The zero-order valence-electron chi connectivity index (χ0n) is 14.1. The van der Waals surface area contributed by atoms with Crippen LogP contribution in [-0.4, -0.2) is 48.0 Å². The minimum absolute atomic E-state index is 0.222. The van der Waals surface area contributed by atoms with Gasteiger partial charge in [-0.15, -0.1) is 0 Å². The normalized spacial score (nSPS) is 14.3. The molecule has 0 unspecified atom stereocenters. The van der Waals surface area contributed by atoms with E-state index in [0.29, 0.717) is 17.1 Å². The lowest BCUT2D eigenvalue weighted by molar-refractivity contribution is 0.102. The van der Waals surface area contributed by atoms with E-state index in [4.69, 9.17) is 0 Å². The monoisotopic (exact) mass is 326 g/mol. The molecule has 3 rings (SSSR count). The second-order valence-electron chi connectivity index (χ2n) is 6.05. The van der Waals surface area contributed by atoms with Gasteiger partial charge < -0.3 is 15.1 Å². The van der Waals surface area contributed by atoms with Crippen LogP contribution >= 0.6 is 0 Å². The number of nitrogens with zero attached hydrogens (tertiary/aromatic N) is 5. The third-order valence-electron chi connectivity index (χ3n) is 3.99. The van der Waals surface area contributed by atoms with E-state index < -0.39 is 0 Å². The standard InChI is InChI=1S/C17H22N6O/c1-22(2)15-14(20-16(24)13-7-6-8-18-11-13)12-19-17(21-15)23-9-4-3-5-10-23/h6-8,11-12H,3-5,9-10H2,1-2H3,(H,20,24). The molecule has 1 aliphatic heterocycles. The Labute approximate surface area is 141 Å². The van der Waals surface area contributed by atoms with Gasteiger partial charge in [0, 0.05) is 39.6 Å². The summed E-state index contributed by atoms with van der Waals surface area (Å²) in [6.45, 7) is 1.96. The highest BCUT2D eigenvalue weighted by Crippen LogP contribution is 2.25. The molecule has 7 heteroatoms. The van der Waals surface area contributed by atoms with E-state index in [-0.39, 0.29) is 5.91 Å². The SMILES string of the molecule is CN(C)c1nc(N2CCCCC2)ncc1NC(=O)c1cccnc1. The van der Waals surface area contributed by atoms with Crippen LogP contribution in [0.1, 0.15) is 29.6 Å². The summed E-state index contributed by atoms with van der Waals surface area (Å²) in [7, 11) is 3.81. The largest absolute Gasteiger partial charge is 0.361 e. The molecule has 1 fully saturated rings. The number of amides is 1. The molecule has 0 aromatic carbocycles. The van der Waals surface area contributed by atoms with Crippen molar-refractivity contribution in [1.82, 2.24) is 15.0 Å². The summed E-state index contributed by atoms with van der Waals surface area (Å²) in [5, 5.41) is 2.87. The van der Waals surface area contributed by atoms with Crippen LogP contribution in [0.3, 0.4) is 0 Å². The van der Waals surface area contributed by atoms with Gasteiger partial charge >= 0.3 is 0 Å². The van der Waals surface area contributed by atoms with Crippen LogP contribution in [0.15, 0.2) is 30.7 Å². The molecule has 3 heterocycles. The van der Waals surface area contributed by atoms with Gasteiger partial charge in [-0.05, 0) is 31.4 Å². The van der Waals surface area contributed by atoms with Gasteiger partial charge in [0.15, 0.2) is 5.82 Å². The number of rotatable bonds is 4. The third kappa shape index (κ3) is 3.61. The topological polar surface area (TPSA) is 74.2 Å². The minimum Gasteiger partial charge on any atom is -0.361 e. The molecule has 0 saturated carbocycles. The lowest BCUT2D eigenvalue weighted by Gasteiger charge is -2.28. The molecule has 0 aliphatic carbocycles. The summed E-state index contributed by atoms with van der Waals surface area (Å²) in [6.07, 6.45) is 8.45. The summed E-state index contributed by atoms with van der Waals surface area (Å²) in [4.78, 5) is 29.5. The predicted octanol–water partition coefficient (Wildman–Crippen LogP) is 2.18. The summed E-state index contributed by atoms with van der Waals surface area (Å²) in [5.74, 6) is 1.20. The van der Waals surface area contributed by atoms with E-state index in [0.717, 1.165) is 19.0 Å². The van der Waals surface area contributed by atoms with E-state index in [9.17, 15) is 4.79 Å². The van der Waals surface area contributed by atoms with Crippen molar-refractivity contribution in [3.8, 4) is 0 Å². The first kappa shape index (κ1) is 16.2. The highest BCUT2D eigenvalue weighted by molar-refractivity contribution is 6.05. The van der Waals surface area contributed by atoms with Gasteiger partial charge in [-0.1, -0.05) is 0 Å². The molecule has 1 amide bonds. The first-order chi connectivity index (χ1) is 11.6. The quantitative estimate of drug-likeness (QED) is 0.928. The number of nitrogens with one attached hydrogen (secondary N) is 1. The van der Waals surface area contributed by atoms with Crippen LogP contribution in [0.2, 0.25) is 0 Å². The van der Waals surface area contributed by atoms with E-state index in [1.807, 2.05) is 19.0 Å². The maximum Gasteiger partial charge on any atom is 0.257 e. The van der Waals surface area contributed by atoms with Crippen molar-refractivity contribution in [1.29, 1.82) is 0 Å². The molecule has 1 aliphatic rings. The van der Waals surface area contributed by atoms with Crippen LogP contribution in [-0.2, 0) is 0 Å². The second-order valence-corrected chi connectivity index (χ2v) is 6.05. The number of aromatic nitrogens is 3. The number of hydrogen-bond acceptors (Lipinski definition) is 6. The van der Waals surface area contributed by atoms with Crippen molar-refractivity contribution in [2.24, 2.45) is 0 Å². The van der Waals surface area contributed by atoms with Crippen molar-refractivity contribution < 1.29 is 4.79 Å². The Morgan fingerprint density at radius 1 is 1.21 bits per heavy atom. The number of anilines is 3. The van der Waals surface area contributed by atoms with Gasteiger partial charge in [0.1, 0.15) is 5.69 Å². The number of pyridine rings is 1. The molecule has 0 spiro atoms. The van der Waals surface area contributed by atoms with Crippen LogP contribution in [0.25, 0.3) is 0 Å². The Morgan fingerprint density at radius 3 is 2.67 bits per heavy atom. The average molecular weight is 326 g/mol. The Bertz CT molecular complexity index is 697. The number of hydrogen-bond donors (Lipinski definition) is 1. The molecule has 2 aromatic heterocycles. The molecule has 0 bridgehead atoms.